The maximum absolute atomic E-state index is 2.72. The van der Waals surface area contributed by atoms with Gasteiger partial charge in [-0.2, -0.15) is 0 Å². The van der Waals surface area contributed by atoms with E-state index in [0.717, 1.165) is 41.3 Å². The van der Waals surface area contributed by atoms with Crippen molar-refractivity contribution in [1.29, 1.82) is 0 Å². The maximum atomic E-state index is 2.72. The number of nitrogens with zero attached hydrogens (tertiary/aromatic N) is 7. The predicted octanol–water partition coefficient (Wildman–Crippen LogP) is 17.7. The van der Waals surface area contributed by atoms with Crippen molar-refractivity contribution in [2.24, 2.45) is 0 Å². The van der Waals surface area contributed by atoms with Crippen LogP contribution in [0.4, 0.5) is 96.7 Å². The van der Waals surface area contributed by atoms with Crippen LogP contribution in [0.5, 0.6) is 0 Å². The molecule has 8 heterocycles. The lowest BCUT2D eigenvalue weighted by Crippen LogP contribution is -2.61. The molecular weight excluding hydrogens is 1210 g/mol. The average molecular weight is 1270 g/mol. The van der Waals surface area contributed by atoms with E-state index in [4.69, 9.17) is 0 Å². The molecule has 14 aromatic carbocycles. The Balaban J connectivity index is 0.900. The minimum absolute atomic E-state index is 0.0793. The number of fused-ring (bicyclic) bond motifs is 19. The van der Waals surface area contributed by atoms with E-state index in [1.54, 1.807) is 0 Å². The van der Waals surface area contributed by atoms with Gasteiger partial charge in [-0.1, -0.05) is 188 Å². The second kappa shape index (κ2) is 20.5. The fraction of sp³-hybridized carbons (Fsp3) is 0.0222. The standard InChI is InChI=1S/C90H58B3N7/c1-7-28-57(29-8-1)94-70-43-22-19-40-65(70)91-68-52-53-73-83(90(68)99(62-38-17-6-18-39-62)79-51-27-47-75(94)86(79)91)64-55-82-88(93-67-42-21-24-45-72(67)96(59-32-11-3-12-33-59)77-49-26-50-78(87(77)93)98(82)61-36-15-5-16-37-61)84-63-54-69-81(56-80(63)100(73)89(64)84)97(60-34-13-4-14-35-60)76-48-25-46-74-85(76)92(69)66-41-20-23-44-71(66)95(74)58-30-9-2-10-31-58/h1-23,25-44,46-56H,24,45H2. The summed E-state index contributed by atoms with van der Waals surface area (Å²) in [7, 11) is 0. The SMILES string of the molecule is C1=CC2=C(CC1)N(c1ccccc1)c1cccc3c1B2c1c(cc2c4c5c(ccc4n4c6cc7c(cc6c1c24)B1c2ccccc2N(c2ccccc2)c2cccc(c21)N7c1ccccc1)B1c2ccccc2N(c2ccccc2)c2cccc(c21)N5c1ccccc1)N3c1ccccc1. The second-order valence-electron chi connectivity index (χ2n) is 27.7. The molecule has 7 nitrogen and oxygen atoms in total. The van der Waals surface area contributed by atoms with Gasteiger partial charge in [-0.15, -0.1) is 0 Å². The first-order valence-corrected chi connectivity index (χ1v) is 35.2. The Labute approximate surface area is 580 Å². The minimum atomic E-state index is -0.116. The molecule has 23 rings (SSSR count). The Morgan fingerprint density at radius 1 is 0.260 bits per heavy atom. The van der Waals surface area contributed by atoms with E-state index in [9.17, 15) is 0 Å². The number of rotatable bonds is 6. The molecule has 0 radical (unpaired) electrons. The van der Waals surface area contributed by atoms with Crippen LogP contribution in [0.2, 0.25) is 0 Å². The molecule has 10 heteroatoms. The van der Waals surface area contributed by atoms with Crippen molar-refractivity contribution in [3.63, 3.8) is 0 Å². The third-order valence-corrected chi connectivity index (χ3v) is 22.8. The highest BCUT2D eigenvalue weighted by Crippen LogP contribution is 2.55. The molecule has 0 N–H and O–H groups in total. The van der Waals surface area contributed by atoms with Crippen LogP contribution in [0.3, 0.4) is 0 Å². The molecule has 0 unspecified atom stereocenters. The largest absolute Gasteiger partial charge is 0.315 e. The predicted molar refractivity (Wildman–Crippen MR) is 423 cm³/mol. The van der Waals surface area contributed by atoms with Crippen LogP contribution in [0.15, 0.2) is 339 Å². The molecule has 0 atom stereocenters. The zero-order valence-corrected chi connectivity index (χ0v) is 54.5. The highest BCUT2D eigenvalue weighted by Gasteiger charge is 2.50. The van der Waals surface area contributed by atoms with Gasteiger partial charge >= 0.3 is 0 Å². The van der Waals surface area contributed by atoms with Crippen LogP contribution in [-0.2, 0) is 0 Å². The van der Waals surface area contributed by atoms with Gasteiger partial charge in [0.25, 0.3) is 20.1 Å². The van der Waals surface area contributed by atoms with Gasteiger partial charge in [0.1, 0.15) is 0 Å². The summed E-state index contributed by atoms with van der Waals surface area (Å²) in [6, 6.07) is 119. The first-order chi connectivity index (χ1) is 49.7. The Kier molecular flexibility index (Phi) is 11.1. The number of hydrogen-bond acceptors (Lipinski definition) is 6. The van der Waals surface area contributed by atoms with Crippen molar-refractivity contribution in [3.8, 4) is 0 Å². The van der Waals surface area contributed by atoms with Gasteiger partial charge < -0.3 is 33.8 Å². The van der Waals surface area contributed by atoms with Crippen LogP contribution in [0, 0.1) is 0 Å². The van der Waals surface area contributed by atoms with E-state index >= 15 is 0 Å². The first-order valence-electron chi connectivity index (χ1n) is 35.2. The zero-order chi connectivity index (χ0) is 65.0. The Bertz CT molecular complexity index is 6220. The van der Waals surface area contributed by atoms with Crippen molar-refractivity contribution >= 4 is 199 Å². The van der Waals surface area contributed by atoms with E-state index in [-0.39, 0.29) is 20.1 Å². The molecule has 0 spiro atoms. The molecule has 2 aromatic heterocycles. The third kappa shape index (κ3) is 7.15. The number of hydrogen-bond donors (Lipinski definition) is 0. The molecular formula is C90H58B3N7. The maximum Gasteiger partial charge on any atom is 0.252 e. The Hall–Kier alpha value is -12.6. The van der Waals surface area contributed by atoms with E-state index < -0.39 is 0 Å². The third-order valence-electron chi connectivity index (χ3n) is 22.8. The Morgan fingerprint density at radius 3 is 1.19 bits per heavy atom. The molecule has 0 saturated carbocycles. The molecule has 100 heavy (non-hydrogen) atoms. The van der Waals surface area contributed by atoms with Gasteiger partial charge in [0.15, 0.2) is 0 Å². The minimum Gasteiger partial charge on any atom is -0.315 e. The van der Waals surface area contributed by atoms with Crippen LogP contribution >= 0.6 is 0 Å². The van der Waals surface area contributed by atoms with Crippen molar-refractivity contribution in [2.45, 2.75) is 12.8 Å². The van der Waals surface area contributed by atoms with E-state index in [2.05, 4.69) is 361 Å². The van der Waals surface area contributed by atoms with Gasteiger partial charge in [0, 0.05) is 118 Å². The number of aromatic nitrogens is 1. The van der Waals surface area contributed by atoms with Crippen molar-refractivity contribution in [3.05, 3.63) is 339 Å². The van der Waals surface area contributed by atoms with Gasteiger partial charge in [-0.25, -0.2) is 0 Å². The van der Waals surface area contributed by atoms with Gasteiger partial charge in [-0.05, 0) is 202 Å². The summed E-state index contributed by atoms with van der Waals surface area (Å²) in [6.45, 7) is -0.293. The zero-order valence-electron chi connectivity index (χ0n) is 54.5. The topological polar surface area (TPSA) is 23.9 Å². The lowest BCUT2D eigenvalue weighted by atomic mass is 9.32. The van der Waals surface area contributed by atoms with Crippen molar-refractivity contribution < 1.29 is 0 Å². The highest BCUT2D eigenvalue weighted by molar-refractivity contribution is 7.02. The molecule has 7 aliphatic rings. The lowest BCUT2D eigenvalue weighted by molar-refractivity contribution is 0.908. The van der Waals surface area contributed by atoms with Crippen LogP contribution in [0.25, 0.3) is 38.1 Å². The van der Waals surface area contributed by atoms with E-state index in [0.29, 0.717) is 0 Å². The summed E-state index contributed by atoms with van der Waals surface area (Å²) in [5, 5.41) is 5.02. The normalized spacial score (nSPS) is 14.9. The summed E-state index contributed by atoms with van der Waals surface area (Å²) in [5.74, 6) is 0. The lowest BCUT2D eigenvalue weighted by Gasteiger charge is -2.45. The van der Waals surface area contributed by atoms with E-state index in [1.165, 1.54) is 161 Å². The summed E-state index contributed by atoms with van der Waals surface area (Å²) in [5.41, 5.74) is 36.8. The average Bonchev–Trinajstić information content (AvgIpc) is 1.44. The second-order valence-corrected chi connectivity index (χ2v) is 27.7. The molecule has 6 aliphatic heterocycles. The number of allylic oxidation sites excluding steroid dienone is 4. The molecule has 0 saturated heterocycles. The van der Waals surface area contributed by atoms with Crippen LogP contribution in [-0.4, -0.2) is 24.5 Å². The number of benzene rings is 14. The first kappa shape index (κ1) is 54.5. The molecule has 0 bridgehead atoms. The van der Waals surface area contributed by atoms with Crippen molar-refractivity contribution in [2.75, 3.05) is 29.4 Å². The Morgan fingerprint density at radius 2 is 0.670 bits per heavy atom. The monoisotopic (exact) mass is 1270 g/mol. The quantitative estimate of drug-likeness (QED) is 0.154. The summed E-state index contributed by atoms with van der Waals surface area (Å²) < 4.78 is 2.72. The van der Waals surface area contributed by atoms with E-state index in [1.807, 2.05) is 0 Å². The van der Waals surface area contributed by atoms with Crippen LogP contribution < -0.4 is 73.1 Å². The summed E-state index contributed by atoms with van der Waals surface area (Å²) in [4.78, 5) is 15.5. The van der Waals surface area contributed by atoms with Gasteiger partial charge in [-0.3, -0.25) is 0 Å². The van der Waals surface area contributed by atoms with Gasteiger partial charge in [0.2, 0.25) is 0 Å². The highest BCUT2D eigenvalue weighted by atomic mass is 15.2. The molecule has 0 fully saturated rings. The smallest absolute Gasteiger partial charge is 0.252 e. The summed E-state index contributed by atoms with van der Waals surface area (Å²) >= 11 is 0. The molecule has 16 aromatic rings. The fourth-order valence-corrected chi connectivity index (χ4v) is 19.2. The molecule has 0 amide bonds. The fourth-order valence-electron chi connectivity index (χ4n) is 19.2. The number of para-hydroxylation sites is 8. The molecule has 462 valence electrons. The summed E-state index contributed by atoms with van der Waals surface area (Å²) in [6.07, 6.45) is 6.85. The van der Waals surface area contributed by atoms with Crippen molar-refractivity contribution in [1.82, 2.24) is 4.40 Å². The number of anilines is 17. The van der Waals surface area contributed by atoms with Crippen LogP contribution in [0.1, 0.15) is 12.8 Å². The molecule has 1 aliphatic carbocycles. The van der Waals surface area contributed by atoms with Gasteiger partial charge in [0.05, 0.1) is 22.2 Å².